The third-order valence-electron chi connectivity index (χ3n) is 2.15. The van der Waals surface area contributed by atoms with E-state index in [1.165, 1.54) is 31.4 Å². The smallest absolute Gasteiger partial charge is 0.00118 e. The maximum absolute atomic E-state index is 3.86. The van der Waals surface area contributed by atoms with Gasteiger partial charge in [-0.2, -0.15) is 0 Å². The molecule has 1 heteroatoms. The molecule has 0 aromatic carbocycles. The molecule has 1 fully saturated rings. The Balaban J connectivity index is 1.76. The van der Waals surface area contributed by atoms with E-state index in [0.717, 1.165) is 18.9 Å². The fraction of sp³-hybridized carbons (Fsp3) is 0.800. The van der Waals surface area contributed by atoms with E-state index in [9.17, 15) is 0 Å². The van der Waals surface area contributed by atoms with E-state index in [1.807, 2.05) is 0 Å². The summed E-state index contributed by atoms with van der Waals surface area (Å²) in [6.07, 6.45) is 5.46. The molecule has 1 saturated carbocycles. The molecular formula is C10H19N. The molecule has 1 nitrogen and oxygen atoms in total. The van der Waals surface area contributed by atoms with Crippen LogP contribution in [0.25, 0.3) is 0 Å². The summed E-state index contributed by atoms with van der Waals surface area (Å²) in [5.74, 6) is 1.06. The number of hydrogen-bond acceptors (Lipinski definition) is 1. The third kappa shape index (κ3) is 5.02. The highest BCUT2D eigenvalue weighted by atomic mass is 14.8. The Morgan fingerprint density at radius 1 is 1.45 bits per heavy atom. The lowest BCUT2D eigenvalue weighted by Gasteiger charge is -2.02. The molecule has 1 aliphatic carbocycles. The Morgan fingerprint density at radius 3 is 2.73 bits per heavy atom. The molecule has 0 bridgehead atoms. The normalized spacial score (nSPS) is 16.8. The summed E-state index contributed by atoms with van der Waals surface area (Å²) in [6.45, 7) is 8.27. The molecule has 11 heavy (non-hydrogen) atoms. The molecule has 0 amide bonds. The summed E-state index contributed by atoms with van der Waals surface area (Å²) in [5.41, 5.74) is 1.28. The quantitative estimate of drug-likeness (QED) is 0.456. The Kier molecular flexibility index (Phi) is 3.64. The first kappa shape index (κ1) is 8.79. The van der Waals surface area contributed by atoms with E-state index in [1.54, 1.807) is 0 Å². The van der Waals surface area contributed by atoms with Crippen molar-refractivity contribution in [3.8, 4) is 0 Å². The molecule has 0 spiro atoms. The largest absolute Gasteiger partial charge is 0.316 e. The summed E-state index contributed by atoms with van der Waals surface area (Å²) in [5, 5.41) is 3.43. The average Bonchev–Trinajstić information content (AvgIpc) is 2.70. The lowest BCUT2D eigenvalue weighted by atomic mass is 10.2. The minimum atomic E-state index is 1.06. The van der Waals surface area contributed by atoms with E-state index >= 15 is 0 Å². The molecule has 0 aromatic heterocycles. The molecule has 1 N–H and O–H groups in total. The molecule has 0 saturated heterocycles. The van der Waals surface area contributed by atoms with Gasteiger partial charge in [0, 0.05) is 0 Å². The standard InChI is InChI=1S/C10H19N/c1-9(2)5-7-11-8-6-10-3-4-10/h10-11H,1,3-8H2,2H3. The summed E-state index contributed by atoms with van der Waals surface area (Å²) >= 11 is 0. The molecule has 1 rings (SSSR count). The molecule has 64 valence electrons. The van der Waals surface area contributed by atoms with E-state index < -0.39 is 0 Å². The second-order valence-electron chi connectivity index (χ2n) is 3.69. The zero-order chi connectivity index (χ0) is 8.10. The van der Waals surface area contributed by atoms with E-state index in [4.69, 9.17) is 0 Å². The van der Waals surface area contributed by atoms with Gasteiger partial charge in [-0.15, -0.1) is 6.58 Å². The molecule has 0 aliphatic heterocycles. The number of hydrogen-bond donors (Lipinski definition) is 1. The first-order valence-electron chi connectivity index (χ1n) is 4.64. The Labute approximate surface area is 69.9 Å². The zero-order valence-electron chi connectivity index (χ0n) is 7.53. The minimum Gasteiger partial charge on any atom is -0.316 e. The van der Waals surface area contributed by atoms with Gasteiger partial charge in [-0.1, -0.05) is 18.4 Å². The first-order valence-corrected chi connectivity index (χ1v) is 4.64. The third-order valence-corrected chi connectivity index (χ3v) is 2.15. The van der Waals surface area contributed by atoms with Crippen LogP contribution in [0, 0.1) is 5.92 Å². The summed E-state index contributed by atoms with van der Waals surface area (Å²) in [4.78, 5) is 0. The topological polar surface area (TPSA) is 12.0 Å². The lowest BCUT2D eigenvalue weighted by molar-refractivity contribution is 0.612. The van der Waals surface area contributed by atoms with Crippen molar-refractivity contribution in [1.29, 1.82) is 0 Å². The first-order chi connectivity index (χ1) is 5.29. The molecule has 1 aliphatic rings. The maximum Gasteiger partial charge on any atom is -0.00118 e. The van der Waals surface area contributed by atoms with Crippen LogP contribution in [0.4, 0.5) is 0 Å². The van der Waals surface area contributed by atoms with Gasteiger partial charge in [-0.3, -0.25) is 0 Å². The van der Waals surface area contributed by atoms with Crippen LogP contribution in [-0.2, 0) is 0 Å². The van der Waals surface area contributed by atoms with Crippen molar-refractivity contribution in [3.05, 3.63) is 12.2 Å². The fourth-order valence-electron chi connectivity index (χ4n) is 1.14. The van der Waals surface area contributed by atoms with Crippen LogP contribution in [0.5, 0.6) is 0 Å². The second-order valence-corrected chi connectivity index (χ2v) is 3.69. The maximum atomic E-state index is 3.86. The highest BCUT2D eigenvalue weighted by Gasteiger charge is 2.19. The number of rotatable bonds is 6. The minimum absolute atomic E-state index is 1.06. The fourth-order valence-corrected chi connectivity index (χ4v) is 1.14. The van der Waals surface area contributed by atoms with Gasteiger partial charge in [0.05, 0.1) is 0 Å². The van der Waals surface area contributed by atoms with E-state index in [0.29, 0.717) is 0 Å². The molecule has 0 aromatic rings. The van der Waals surface area contributed by atoms with Gasteiger partial charge in [0.25, 0.3) is 0 Å². The van der Waals surface area contributed by atoms with Crippen LogP contribution >= 0.6 is 0 Å². The predicted octanol–water partition coefficient (Wildman–Crippen LogP) is 2.34. The van der Waals surface area contributed by atoms with Gasteiger partial charge in [0.2, 0.25) is 0 Å². The van der Waals surface area contributed by atoms with Crippen molar-refractivity contribution in [2.45, 2.75) is 32.6 Å². The van der Waals surface area contributed by atoms with Crippen LogP contribution in [0.3, 0.4) is 0 Å². The van der Waals surface area contributed by atoms with Crippen LogP contribution in [0.1, 0.15) is 32.6 Å². The van der Waals surface area contributed by atoms with Crippen LogP contribution in [0.15, 0.2) is 12.2 Å². The molecule has 0 radical (unpaired) electrons. The Bertz CT molecular complexity index is 125. The van der Waals surface area contributed by atoms with Gasteiger partial charge in [0.15, 0.2) is 0 Å². The average molecular weight is 153 g/mol. The van der Waals surface area contributed by atoms with Crippen LogP contribution in [0.2, 0.25) is 0 Å². The monoisotopic (exact) mass is 153 g/mol. The molecule has 0 atom stereocenters. The van der Waals surface area contributed by atoms with E-state index in [2.05, 4.69) is 18.8 Å². The number of nitrogens with one attached hydrogen (secondary N) is 1. The Hall–Kier alpha value is -0.300. The van der Waals surface area contributed by atoms with Gasteiger partial charge in [-0.25, -0.2) is 0 Å². The SMILES string of the molecule is C=C(C)CCNCCC1CC1. The van der Waals surface area contributed by atoms with E-state index in [-0.39, 0.29) is 0 Å². The Morgan fingerprint density at radius 2 is 2.18 bits per heavy atom. The van der Waals surface area contributed by atoms with Crippen molar-refractivity contribution in [3.63, 3.8) is 0 Å². The summed E-state index contributed by atoms with van der Waals surface area (Å²) in [6, 6.07) is 0. The lowest BCUT2D eigenvalue weighted by Crippen LogP contribution is -2.17. The molecule has 0 heterocycles. The second kappa shape index (κ2) is 4.55. The van der Waals surface area contributed by atoms with Crippen molar-refractivity contribution in [1.82, 2.24) is 5.32 Å². The van der Waals surface area contributed by atoms with Crippen molar-refractivity contribution >= 4 is 0 Å². The highest BCUT2D eigenvalue weighted by Crippen LogP contribution is 2.31. The van der Waals surface area contributed by atoms with Crippen LogP contribution < -0.4 is 5.32 Å². The molecular weight excluding hydrogens is 134 g/mol. The highest BCUT2D eigenvalue weighted by molar-refractivity contribution is 4.88. The van der Waals surface area contributed by atoms with Gasteiger partial charge in [0.1, 0.15) is 0 Å². The predicted molar refractivity (Wildman–Crippen MR) is 49.6 cm³/mol. The van der Waals surface area contributed by atoms with Crippen molar-refractivity contribution in [2.24, 2.45) is 5.92 Å². The van der Waals surface area contributed by atoms with Crippen molar-refractivity contribution < 1.29 is 0 Å². The summed E-state index contributed by atoms with van der Waals surface area (Å²) < 4.78 is 0. The van der Waals surface area contributed by atoms with Crippen LogP contribution in [-0.4, -0.2) is 13.1 Å². The van der Waals surface area contributed by atoms with Crippen molar-refractivity contribution in [2.75, 3.05) is 13.1 Å². The molecule has 0 unspecified atom stereocenters. The van der Waals surface area contributed by atoms with Gasteiger partial charge >= 0.3 is 0 Å². The zero-order valence-corrected chi connectivity index (χ0v) is 7.53. The van der Waals surface area contributed by atoms with Gasteiger partial charge < -0.3 is 5.32 Å². The summed E-state index contributed by atoms with van der Waals surface area (Å²) in [7, 11) is 0. The van der Waals surface area contributed by atoms with Gasteiger partial charge in [-0.05, 0) is 38.8 Å².